The summed E-state index contributed by atoms with van der Waals surface area (Å²) < 4.78 is 2.21. The quantitative estimate of drug-likeness (QED) is 0.539. The summed E-state index contributed by atoms with van der Waals surface area (Å²) in [4.78, 5) is 19.3. The third kappa shape index (κ3) is 4.83. The highest BCUT2D eigenvalue weighted by atomic mass is 32.1. The minimum Gasteiger partial charge on any atom is -0.352 e. The second-order valence-corrected chi connectivity index (χ2v) is 9.39. The standard InChI is InChI=1S/C25H29N5OS/c1-25(2,3)29-15-12-18(17-29)23-22(20-11-7-8-14-26-20)28-24(32)30(23)16-13-21(31)27-19-9-5-4-6-10-19/h4-12,14-15,17,22-23H,13,16H2,1-3H3,(H,27,31)(H,28,32). The summed E-state index contributed by atoms with van der Waals surface area (Å²) in [5.41, 5.74) is 2.85. The van der Waals surface area contributed by atoms with Gasteiger partial charge in [0.1, 0.15) is 0 Å². The maximum atomic E-state index is 12.6. The summed E-state index contributed by atoms with van der Waals surface area (Å²) in [7, 11) is 0. The number of rotatable bonds is 6. The molecule has 32 heavy (non-hydrogen) atoms. The lowest BCUT2D eigenvalue weighted by Crippen LogP contribution is -2.32. The molecular formula is C25H29N5OS. The van der Waals surface area contributed by atoms with E-state index in [0.717, 1.165) is 16.9 Å². The molecule has 0 radical (unpaired) electrons. The topological polar surface area (TPSA) is 62.2 Å². The van der Waals surface area contributed by atoms with E-state index in [1.54, 1.807) is 6.20 Å². The molecule has 1 saturated heterocycles. The van der Waals surface area contributed by atoms with E-state index in [9.17, 15) is 4.79 Å². The van der Waals surface area contributed by atoms with Crippen LogP contribution in [0.1, 0.15) is 50.5 Å². The van der Waals surface area contributed by atoms with Gasteiger partial charge in [-0.2, -0.15) is 0 Å². The third-order valence-electron chi connectivity index (χ3n) is 5.67. The van der Waals surface area contributed by atoms with Crippen LogP contribution in [-0.2, 0) is 10.3 Å². The number of nitrogens with zero attached hydrogens (tertiary/aromatic N) is 3. The maximum Gasteiger partial charge on any atom is 0.226 e. The summed E-state index contributed by atoms with van der Waals surface area (Å²) in [5.74, 6) is -0.0358. The van der Waals surface area contributed by atoms with Crippen LogP contribution in [0, 0.1) is 0 Å². The number of anilines is 1. The van der Waals surface area contributed by atoms with Crippen molar-refractivity contribution < 1.29 is 4.79 Å². The summed E-state index contributed by atoms with van der Waals surface area (Å²) >= 11 is 5.71. The van der Waals surface area contributed by atoms with Crippen LogP contribution in [0.15, 0.2) is 73.2 Å². The van der Waals surface area contributed by atoms with Crippen molar-refractivity contribution in [2.45, 2.75) is 44.8 Å². The molecule has 0 spiro atoms. The smallest absolute Gasteiger partial charge is 0.226 e. The third-order valence-corrected chi connectivity index (χ3v) is 6.02. The molecule has 1 aliphatic heterocycles. The van der Waals surface area contributed by atoms with Gasteiger partial charge >= 0.3 is 0 Å². The van der Waals surface area contributed by atoms with Crippen molar-refractivity contribution in [2.24, 2.45) is 0 Å². The normalized spacial score (nSPS) is 18.5. The Labute approximate surface area is 194 Å². The Morgan fingerprint density at radius 2 is 1.88 bits per heavy atom. The van der Waals surface area contributed by atoms with Crippen molar-refractivity contribution in [2.75, 3.05) is 11.9 Å². The van der Waals surface area contributed by atoms with Crippen LogP contribution in [0.3, 0.4) is 0 Å². The first-order valence-electron chi connectivity index (χ1n) is 10.8. The molecule has 2 atom stereocenters. The average molecular weight is 448 g/mol. The van der Waals surface area contributed by atoms with Gasteiger partial charge in [-0.1, -0.05) is 24.3 Å². The first kappa shape index (κ1) is 22.0. The molecule has 1 amide bonds. The lowest BCUT2D eigenvalue weighted by molar-refractivity contribution is -0.116. The molecule has 1 fully saturated rings. The largest absolute Gasteiger partial charge is 0.352 e. The number of amides is 1. The van der Waals surface area contributed by atoms with Gasteiger partial charge in [-0.3, -0.25) is 9.78 Å². The highest BCUT2D eigenvalue weighted by molar-refractivity contribution is 7.80. The fraction of sp³-hybridized carbons (Fsp3) is 0.320. The van der Waals surface area contributed by atoms with Crippen LogP contribution in [0.4, 0.5) is 5.69 Å². The molecule has 7 heteroatoms. The molecular weight excluding hydrogens is 418 g/mol. The zero-order valence-electron chi connectivity index (χ0n) is 18.7. The number of hydrogen-bond acceptors (Lipinski definition) is 3. The van der Waals surface area contributed by atoms with Gasteiger partial charge in [0.15, 0.2) is 5.11 Å². The van der Waals surface area contributed by atoms with E-state index in [2.05, 4.69) is 64.3 Å². The van der Waals surface area contributed by atoms with Crippen LogP contribution in [0.5, 0.6) is 0 Å². The number of hydrogen-bond donors (Lipinski definition) is 2. The molecule has 1 aromatic carbocycles. The van der Waals surface area contributed by atoms with Crippen molar-refractivity contribution in [3.8, 4) is 0 Å². The second kappa shape index (κ2) is 9.12. The minimum absolute atomic E-state index is 0.0221. The summed E-state index contributed by atoms with van der Waals surface area (Å²) in [6.07, 6.45) is 6.41. The number of para-hydroxylation sites is 1. The number of thiocarbonyl (C=S) groups is 1. The zero-order chi connectivity index (χ0) is 22.7. The first-order valence-corrected chi connectivity index (χ1v) is 11.2. The van der Waals surface area contributed by atoms with Crippen molar-refractivity contribution in [3.63, 3.8) is 0 Å². The molecule has 1 aliphatic rings. The van der Waals surface area contributed by atoms with E-state index >= 15 is 0 Å². The van der Waals surface area contributed by atoms with E-state index in [-0.39, 0.29) is 23.5 Å². The van der Waals surface area contributed by atoms with E-state index < -0.39 is 0 Å². The summed E-state index contributed by atoms with van der Waals surface area (Å²) in [6, 6.07) is 17.4. The van der Waals surface area contributed by atoms with Gasteiger partial charge in [-0.05, 0) is 68.9 Å². The van der Waals surface area contributed by atoms with Gasteiger partial charge in [-0.25, -0.2) is 0 Å². The maximum absolute atomic E-state index is 12.6. The number of carbonyl (C=O) groups excluding carboxylic acids is 1. The average Bonchev–Trinajstić information content (AvgIpc) is 3.38. The second-order valence-electron chi connectivity index (χ2n) is 9.01. The molecule has 2 N–H and O–H groups in total. The Bertz CT molecular complexity index is 1070. The predicted molar refractivity (Wildman–Crippen MR) is 131 cm³/mol. The van der Waals surface area contributed by atoms with Gasteiger partial charge < -0.3 is 20.1 Å². The van der Waals surface area contributed by atoms with Crippen LogP contribution in [0.2, 0.25) is 0 Å². The molecule has 2 unspecified atom stereocenters. The molecule has 2 aromatic heterocycles. The van der Waals surface area contributed by atoms with Crippen LogP contribution < -0.4 is 10.6 Å². The number of nitrogens with one attached hydrogen (secondary N) is 2. The fourth-order valence-electron chi connectivity index (χ4n) is 3.98. The number of benzene rings is 1. The molecule has 4 rings (SSSR count). The number of pyridine rings is 1. The molecule has 6 nitrogen and oxygen atoms in total. The minimum atomic E-state index is -0.0864. The lowest BCUT2D eigenvalue weighted by atomic mass is 9.99. The summed E-state index contributed by atoms with van der Waals surface area (Å²) in [6.45, 7) is 7.04. The zero-order valence-corrected chi connectivity index (χ0v) is 19.5. The molecule has 166 valence electrons. The molecule has 3 aromatic rings. The Hall–Kier alpha value is -3.19. The SMILES string of the molecule is CC(C)(C)n1ccc(C2C(c3ccccn3)NC(=S)N2CCC(=O)Nc2ccccc2)c1. The van der Waals surface area contributed by atoms with Crippen molar-refractivity contribution in [1.29, 1.82) is 0 Å². The Morgan fingerprint density at radius 1 is 1.12 bits per heavy atom. The lowest BCUT2D eigenvalue weighted by Gasteiger charge is -2.27. The van der Waals surface area contributed by atoms with Crippen LogP contribution >= 0.6 is 12.2 Å². The van der Waals surface area contributed by atoms with Crippen LogP contribution in [-0.4, -0.2) is 32.0 Å². The van der Waals surface area contributed by atoms with Crippen molar-refractivity contribution in [1.82, 2.24) is 19.8 Å². The van der Waals surface area contributed by atoms with Gasteiger partial charge in [-0.15, -0.1) is 0 Å². The number of aromatic nitrogens is 2. The number of carbonyl (C=O) groups is 1. The first-order chi connectivity index (χ1) is 15.3. The van der Waals surface area contributed by atoms with Crippen molar-refractivity contribution in [3.05, 3.63) is 84.4 Å². The van der Waals surface area contributed by atoms with E-state index in [4.69, 9.17) is 12.2 Å². The Balaban J connectivity index is 1.57. The fourth-order valence-corrected chi connectivity index (χ4v) is 4.31. The van der Waals surface area contributed by atoms with Crippen molar-refractivity contribution >= 4 is 28.9 Å². The van der Waals surface area contributed by atoms with Gasteiger partial charge in [0, 0.05) is 42.8 Å². The van der Waals surface area contributed by atoms with Crippen LogP contribution in [0.25, 0.3) is 0 Å². The van der Waals surface area contributed by atoms with Gasteiger partial charge in [0.2, 0.25) is 5.91 Å². The molecule has 0 saturated carbocycles. The molecule has 0 aliphatic carbocycles. The highest BCUT2D eigenvalue weighted by Gasteiger charge is 2.40. The van der Waals surface area contributed by atoms with Gasteiger partial charge in [0.25, 0.3) is 0 Å². The highest BCUT2D eigenvalue weighted by Crippen LogP contribution is 2.39. The van der Waals surface area contributed by atoms with E-state index in [1.165, 1.54) is 0 Å². The Kier molecular flexibility index (Phi) is 6.28. The monoisotopic (exact) mass is 447 g/mol. The summed E-state index contributed by atoms with van der Waals surface area (Å²) in [5, 5.41) is 7.04. The van der Waals surface area contributed by atoms with Gasteiger partial charge in [0.05, 0.1) is 17.8 Å². The Morgan fingerprint density at radius 3 is 2.53 bits per heavy atom. The van der Waals surface area contributed by atoms with E-state index in [0.29, 0.717) is 18.1 Å². The van der Waals surface area contributed by atoms with E-state index in [1.807, 2.05) is 48.5 Å². The molecule has 3 heterocycles. The predicted octanol–water partition coefficient (Wildman–Crippen LogP) is 4.64. The molecule has 0 bridgehead atoms.